The van der Waals surface area contributed by atoms with Crippen LogP contribution in [0.25, 0.3) is 0 Å². The van der Waals surface area contributed by atoms with E-state index in [1.807, 2.05) is 0 Å². The van der Waals surface area contributed by atoms with Crippen molar-refractivity contribution in [2.24, 2.45) is 0 Å². The topological polar surface area (TPSA) is 84.1 Å². The fraction of sp³-hybridized carbons (Fsp3) is 0.600. The molecule has 0 aromatic carbocycles. The van der Waals surface area contributed by atoms with E-state index in [-0.39, 0.29) is 6.10 Å². The summed E-state index contributed by atoms with van der Waals surface area (Å²) < 4.78 is 0.709. The van der Waals surface area contributed by atoms with Gasteiger partial charge in [0.2, 0.25) is 0 Å². The Kier molecular flexibility index (Phi) is 3.60. The Morgan fingerprint density at radius 3 is 2.69 bits per heavy atom. The highest BCUT2D eigenvalue weighted by Gasteiger charge is 2.20. The van der Waals surface area contributed by atoms with E-state index in [4.69, 9.17) is 5.73 Å². The molecular formula is C10H15BrN4O. The zero-order valence-electron chi connectivity index (χ0n) is 8.86. The second-order valence-corrected chi connectivity index (χ2v) is 4.86. The maximum Gasteiger partial charge on any atom is 0.146 e. The first-order valence-electron chi connectivity index (χ1n) is 5.37. The number of rotatable bonds is 2. The van der Waals surface area contributed by atoms with Gasteiger partial charge in [-0.3, -0.25) is 0 Å². The molecule has 2 rings (SSSR count). The Labute approximate surface area is 103 Å². The highest BCUT2D eigenvalue weighted by Crippen LogP contribution is 2.27. The molecule has 0 atom stereocenters. The van der Waals surface area contributed by atoms with Crippen molar-refractivity contribution in [3.05, 3.63) is 10.8 Å². The van der Waals surface area contributed by atoms with Crippen molar-refractivity contribution in [2.75, 3.05) is 11.1 Å². The van der Waals surface area contributed by atoms with Crippen LogP contribution >= 0.6 is 15.9 Å². The zero-order valence-corrected chi connectivity index (χ0v) is 10.4. The Bertz CT molecular complexity index is 366. The van der Waals surface area contributed by atoms with Crippen molar-refractivity contribution < 1.29 is 5.11 Å². The third-order valence-corrected chi connectivity index (χ3v) is 3.64. The maximum atomic E-state index is 9.41. The van der Waals surface area contributed by atoms with Crippen molar-refractivity contribution in [1.82, 2.24) is 9.97 Å². The molecule has 1 saturated carbocycles. The molecule has 1 aliphatic rings. The van der Waals surface area contributed by atoms with Crippen LogP contribution in [0, 0.1) is 0 Å². The molecule has 1 heterocycles. The number of hydrogen-bond donors (Lipinski definition) is 3. The van der Waals surface area contributed by atoms with Crippen molar-refractivity contribution in [3.63, 3.8) is 0 Å². The van der Waals surface area contributed by atoms with Gasteiger partial charge in [-0.25, -0.2) is 9.97 Å². The zero-order chi connectivity index (χ0) is 11.5. The van der Waals surface area contributed by atoms with Crippen LogP contribution in [0.5, 0.6) is 0 Å². The first-order valence-corrected chi connectivity index (χ1v) is 6.16. The molecule has 0 saturated heterocycles. The van der Waals surface area contributed by atoms with E-state index in [9.17, 15) is 5.11 Å². The van der Waals surface area contributed by atoms with Gasteiger partial charge in [0.25, 0.3) is 0 Å². The Balaban J connectivity index is 2.01. The van der Waals surface area contributed by atoms with Gasteiger partial charge in [0.05, 0.1) is 6.10 Å². The maximum absolute atomic E-state index is 9.41. The second kappa shape index (κ2) is 4.97. The Hall–Kier alpha value is -0.880. The molecule has 1 aliphatic carbocycles. The van der Waals surface area contributed by atoms with Crippen LogP contribution in [-0.2, 0) is 0 Å². The van der Waals surface area contributed by atoms with E-state index >= 15 is 0 Å². The normalized spacial score (nSPS) is 25.4. The molecule has 1 aromatic rings. The quantitative estimate of drug-likeness (QED) is 0.768. The van der Waals surface area contributed by atoms with Crippen LogP contribution in [0.4, 0.5) is 11.6 Å². The van der Waals surface area contributed by atoms with Gasteiger partial charge in [-0.15, -0.1) is 0 Å². The van der Waals surface area contributed by atoms with Crippen molar-refractivity contribution in [2.45, 2.75) is 37.8 Å². The predicted octanol–water partition coefficient (Wildman–Crippen LogP) is 1.54. The Morgan fingerprint density at radius 1 is 1.31 bits per heavy atom. The van der Waals surface area contributed by atoms with E-state index < -0.39 is 0 Å². The molecular weight excluding hydrogens is 272 g/mol. The van der Waals surface area contributed by atoms with Gasteiger partial charge in [-0.1, -0.05) is 0 Å². The molecule has 16 heavy (non-hydrogen) atoms. The van der Waals surface area contributed by atoms with Gasteiger partial charge in [-0.05, 0) is 41.6 Å². The SMILES string of the molecule is Nc1ncnc(NC2CCC(O)CC2)c1Br. The van der Waals surface area contributed by atoms with Gasteiger partial charge < -0.3 is 16.2 Å². The van der Waals surface area contributed by atoms with E-state index in [0.717, 1.165) is 31.5 Å². The predicted molar refractivity (Wildman–Crippen MR) is 66.0 cm³/mol. The van der Waals surface area contributed by atoms with E-state index in [1.54, 1.807) is 0 Å². The van der Waals surface area contributed by atoms with Crippen LogP contribution < -0.4 is 11.1 Å². The molecule has 0 amide bonds. The van der Waals surface area contributed by atoms with Crippen molar-refractivity contribution in [1.29, 1.82) is 0 Å². The molecule has 5 nitrogen and oxygen atoms in total. The van der Waals surface area contributed by atoms with Crippen molar-refractivity contribution in [3.8, 4) is 0 Å². The number of nitrogen functional groups attached to an aromatic ring is 1. The number of hydrogen-bond acceptors (Lipinski definition) is 5. The van der Waals surface area contributed by atoms with Crippen LogP contribution in [0.3, 0.4) is 0 Å². The van der Waals surface area contributed by atoms with Gasteiger partial charge in [0.1, 0.15) is 22.4 Å². The lowest BCUT2D eigenvalue weighted by atomic mass is 9.93. The van der Waals surface area contributed by atoms with Crippen LogP contribution in [0.15, 0.2) is 10.8 Å². The molecule has 4 N–H and O–H groups in total. The standard InChI is InChI=1S/C10H15BrN4O/c11-8-9(12)13-5-14-10(8)15-6-1-3-7(16)4-2-6/h5-7,16H,1-4H2,(H3,12,13,14,15). The van der Waals surface area contributed by atoms with Crippen LogP contribution in [0.2, 0.25) is 0 Å². The molecule has 0 radical (unpaired) electrons. The second-order valence-electron chi connectivity index (χ2n) is 4.07. The number of halogens is 1. The summed E-state index contributed by atoms with van der Waals surface area (Å²) in [5.74, 6) is 1.17. The average Bonchev–Trinajstić information content (AvgIpc) is 2.28. The van der Waals surface area contributed by atoms with Gasteiger partial charge >= 0.3 is 0 Å². The summed E-state index contributed by atoms with van der Waals surface area (Å²) in [5.41, 5.74) is 5.67. The number of aromatic nitrogens is 2. The summed E-state index contributed by atoms with van der Waals surface area (Å²) in [7, 11) is 0. The summed E-state index contributed by atoms with van der Waals surface area (Å²) in [6.07, 6.45) is 4.90. The van der Waals surface area contributed by atoms with Gasteiger partial charge in [-0.2, -0.15) is 0 Å². The highest BCUT2D eigenvalue weighted by atomic mass is 79.9. The smallest absolute Gasteiger partial charge is 0.146 e. The highest BCUT2D eigenvalue weighted by molar-refractivity contribution is 9.10. The summed E-state index contributed by atoms with van der Waals surface area (Å²) in [4.78, 5) is 8.02. The lowest BCUT2D eigenvalue weighted by molar-refractivity contribution is 0.126. The molecule has 6 heteroatoms. The largest absolute Gasteiger partial charge is 0.393 e. The lowest BCUT2D eigenvalue weighted by Gasteiger charge is -2.26. The number of aliphatic hydroxyl groups excluding tert-OH is 1. The molecule has 1 aromatic heterocycles. The van der Waals surface area contributed by atoms with E-state index in [2.05, 4.69) is 31.2 Å². The Morgan fingerprint density at radius 2 is 2.00 bits per heavy atom. The summed E-state index contributed by atoms with van der Waals surface area (Å²) in [5, 5.41) is 12.7. The molecule has 0 spiro atoms. The van der Waals surface area contributed by atoms with Gasteiger partial charge in [0, 0.05) is 6.04 Å². The molecule has 0 bridgehead atoms. The van der Waals surface area contributed by atoms with Crippen LogP contribution in [-0.4, -0.2) is 27.2 Å². The number of aliphatic hydroxyl groups is 1. The third-order valence-electron chi connectivity index (χ3n) is 2.85. The molecule has 1 fully saturated rings. The fourth-order valence-corrected chi connectivity index (χ4v) is 2.22. The number of nitrogens with one attached hydrogen (secondary N) is 1. The summed E-state index contributed by atoms with van der Waals surface area (Å²) in [6, 6.07) is 0.356. The first-order chi connectivity index (χ1) is 7.66. The third kappa shape index (κ3) is 2.62. The fourth-order valence-electron chi connectivity index (χ4n) is 1.90. The lowest BCUT2D eigenvalue weighted by Crippen LogP contribution is -2.28. The summed E-state index contributed by atoms with van der Waals surface area (Å²) in [6.45, 7) is 0. The van der Waals surface area contributed by atoms with E-state index in [1.165, 1.54) is 6.33 Å². The number of nitrogens with two attached hydrogens (primary N) is 1. The minimum absolute atomic E-state index is 0.142. The van der Waals surface area contributed by atoms with E-state index in [0.29, 0.717) is 16.3 Å². The monoisotopic (exact) mass is 286 g/mol. The average molecular weight is 287 g/mol. The molecule has 88 valence electrons. The van der Waals surface area contributed by atoms with Crippen molar-refractivity contribution >= 4 is 27.6 Å². The first kappa shape index (κ1) is 11.6. The minimum atomic E-state index is -0.142. The molecule has 0 aliphatic heterocycles. The molecule has 0 unspecified atom stereocenters. The van der Waals surface area contributed by atoms with Crippen LogP contribution in [0.1, 0.15) is 25.7 Å². The van der Waals surface area contributed by atoms with Gasteiger partial charge in [0.15, 0.2) is 0 Å². The summed E-state index contributed by atoms with van der Waals surface area (Å²) >= 11 is 3.36. The minimum Gasteiger partial charge on any atom is -0.393 e. The number of nitrogens with zero attached hydrogens (tertiary/aromatic N) is 2. The number of anilines is 2.